The number of aliphatic hydroxyl groups excluding tert-OH is 1. The number of hydrogen-bond donors (Lipinski definition) is 4. The summed E-state index contributed by atoms with van der Waals surface area (Å²) >= 11 is 0. The van der Waals surface area contributed by atoms with E-state index in [2.05, 4.69) is 20.6 Å². The average Bonchev–Trinajstić information content (AvgIpc) is 3.76. The molecule has 11 heteroatoms. The number of carbonyl (C=O) groups excluding carboxylic acids is 2. The zero-order valence-electron chi connectivity index (χ0n) is 26.4. The minimum absolute atomic E-state index is 0.0165. The van der Waals surface area contributed by atoms with Gasteiger partial charge in [0.05, 0.1) is 31.5 Å². The number of ether oxygens (including phenoxy) is 1. The number of para-hydroxylation sites is 1. The van der Waals surface area contributed by atoms with Crippen molar-refractivity contribution in [1.29, 1.82) is 0 Å². The van der Waals surface area contributed by atoms with Gasteiger partial charge in [0.25, 0.3) is 5.91 Å². The van der Waals surface area contributed by atoms with Crippen LogP contribution in [-0.4, -0.2) is 55.7 Å². The second-order valence-electron chi connectivity index (χ2n) is 11.8. The van der Waals surface area contributed by atoms with E-state index in [1.54, 1.807) is 41.1 Å². The van der Waals surface area contributed by atoms with Gasteiger partial charge in [0.2, 0.25) is 5.91 Å². The van der Waals surface area contributed by atoms with Crippen LogP contribution in [0.25, 0.3) is 10.9 Å². The molecule has 2 aromatic heterocycles. The second-order valence-corrected chi connectivity index (χ2v) is 11.8. The van der Waals surface area contributed by atoms with E-state index in [0.29, 0.717) is 42.1 Å². The smallest absolute Gasteiger partial charge is 0.264 e. The van der Waals surface area contributed by atoms with Gasteiger partial charge in [-0.1, -0.05) is 54.6 Å². The third-order valence-electron chi connectivity index (χ3n) is 8.64. The third kappa shape index (κ3) is 6.53. The fourth-order valence-corrected chi connectivity index (χ4v) is 6.07. The molecule has 0 spiro atoms. The van der Waals surface area contributed by atoms with Crippen molar-refractivity contribution in [2.75, 3.05) is 23.9 Å². The van der Waals surface area contributed by atoms with Crippen LogP contribution in [0, 0.1) is 5.92 Å². The summed E-state index contributed by atoms with van der Waals surface area (Å²) in [5.41, 5.74) is 3.46. The lowest BCUT2D eigenvalue weighted by Crippen LogP contribution is -2.44. The third-order valence-corrected chi connectivity index (χ3v) is 8.64. The molecule has 0 radical (unpaired) electrons. The Bertz CT molecular complexity index is 1910. The zero-order chi connectivity index (χ0) is 33.0. The molecule has 1 aliphatic heterocycles. The normalized spacial score (nSPS) is 16.6. The lowest BCUT2D eigenvalue weighted by molar-refractivity contribution is -0.139. The topological polar surface area (TPSA) is 146 Å². The van der Waals surface area contributed by atoms with Crippen molar-refractivity contribution in [3.8, 4) is 5.75 Å². The van der Waals surface area contributed by atoms with Crippen LogP contribution in [0.1, 0.15) is 35.7 Å². The van der Waals surface area contributed by atoms with Gasteiger partial charge in [-0.05, 0) is 53.9 Å². The second kappa shape index (κ2) is 13.6. The number of aromatic nitrogens is 4. The summed E-state index contributed by atoms with van der Waals surface area (Å²) in [4.78, 5) is 31.6. The van der Waals surface area contributed by atoms with Gasteiger partial charge in [0.15, 0.2) is 5.60 Å². The van der Waals surface area contributed by atoms with E-state index in [0.717, 1.165) is 27.7 Å². The van der Waals surface area contributed by atoms with Crippen LogP contribution >= 0.6 is 0 Å². The number of nitrogens with zero attached hydrogens (tertiary/aromatic N) is 4. The highest BCUT2D eigenvalue weighted by molar-refractivity contribution is 6.07. The molecule has 1 aliphatic rings. The summed E-state index contributed by atoms with van der Waals surface area (Å²) in [5, 5.41) is 33.2. The molecule has 5 aromatic rings. The van der Waals surface area contributed by atoms with Crippen LogP contribution < -0.4 is 15.0 Å². The van der Waals surface area contributed by atoms with Gasteiger partial charge in [-0.25, -0.2) is 0 Å². The first-order valence-electron chi connectivity index (χ1n) is 15.6. The number of benzene rings is 3. The van der Waals surface area contributed by atoms with Gasteiger partial charge in [-0.2, -0.15) is 0 Å². The Labute approximate surface area is 272 Å². The van der Waals surface area contributed by atoms with Crippen molar-refractivity contribution in [2.24, 2.45) is 5.92 Å². The fraction of sp³-hybridized carbons (Fsp3) is 0.278. The number of aromatic amines is 1. The molecule has 0 bridgehead atoms. The Morgan fingerprint density at radius 3 is 2.74 bits per heavy atom. The van der Waals surface area contributed by atoms with Gasteiger partial charge >= 0.3 is 0 Å². The largest absolute Gasteiger partial charge is 0.497 e. The van der Waals surface area contributed by atoms with Crippen LogP contribution in [0.15, 0.2) is 91.3 Å². The van der Waals surface area contributed by atoms with Crippen molar-refractivity contribution < 1.29 is 24.5 Å². The molecule has 0 aliphatic carbocycles. The molecule has 11 nitrogen and oxygen atoms in total. The number of amides is 2. The number of anilines is 2. The molecule has 4 N–H and O–H groups in total. The monoisotopic (exact) mass is 634 g/mol. The maximum atomic E-state index is 14.0. The number of hydrogen-bond acceptors (Lipinski definition) is 7. The van der Waals surface area contributed by atoms with E-state index in [4.69, 9.17) is 9.84 Å². The quantitative estimate of drug-likeness (QED) is 0.140. The van der Waals surface area contributed by atoms with Crippen LogP contribution in [-0.2, 0) is 41.1 Å². The van der Waals surface area contributed by atoms with E-state index < -0.39 is 17.4 Å². The number of aliphatic hydroxyl groups is 2. The number of nitrogens with one attached hydrogen (secondary N) is 2. The SMILES string of the molecule is COc1ccc2c(c1)[C@@](O)([C@H](C)/C=C/CCn1cc(CCO)nn1)C(=O)N2Cc1ccc(NC(=O)Cc2c[nH]c3ccccc23)cc1. The van der Waals surface area contributed by atoms with Gasteiger partial charge in [-0.3, -0.25) is 14.3 Å². The maximum absolute atomic E-state index is 14.0. The van der Waals surface area contributed by atoms with E-state index in [-0.39, 0.29) is 25.5 Å². The molecular formula is C36H38N6O5. The number of H-pyrrole nitrogens is 1. The van der Waals surface area contributed by atoms with Gasteiger partial charge in [0, 0.05) is 60.0 Å². The maximum Gasteiger partial charge on any atom is 0.264 e. The highest BCUT2D eigenvalue weighted by Gasteiger charge is 2.52. The van der Waals surface area contributed by atoms with Crippen LogP contribution in [0.4, 0.5) is 11.4 Å². The van der Waals surface area contributed by atoms with Crippen LogP contribution in [0.5, 0.6) is 5.75 Å². The predicted octanol–water partition coefficient (Wildman–Crippen LogP) is 4.50. The van der Waals surface area contributed by atoms with Crippen molar-refractivity contribution in [2.45, 2.75) is 44.9 Å². The number of carbonyl (C=O) groups is 2. The van der Waals surface area contributed by atoms with E-state index in [9.17, 15) is 14.7 Å². The van der Waals surface area contributed by atoms with E-state index in [1.807, 2.05) is 73.8 Å². The molecule has 47 heavy (non-hydrogen) atoms. The van der Waals surface area contributed by atoms with Crippen molar-refractivity contribution >= 4 is 34.1 Å². The molecule has 242 valence electrons. The molecule has 0 unspecified atom stereocenters. The molecule has 3 aromatic carbocycles. The molecule has 0 saturated heterocycles. The minimum atomic E-state index is -1.79. The first-order chi connectivity index (χ1) is 22.8. The van der Waals surface area contributed by atoms with E-state index in [1.165, 1.54) is 0 Å². The molecule has 3 heterocycles. The predicted molar refractivity (Wildman–Crippen MR) is 179 cm³/mol. The molecule has 0 saturated carbocycles. The number of allylic oxidation sites excluding steroid dienone is 1. The summed E-state index contributed by atoms with van der Waals surface area (Å²) in [6, 6.07) is 20.6. The molecule has 6 rings (SSSR count). The number of fused-ring (bicyclic) bond motifs is 2. The van der Waals surface area contributed by atoms with Crippen molar-refractivity contribution in [1.82, 2.24) is 20.0 Å². The molecule has 2 atom stereocenters. The lowest BCUT2D eigenvalue weighted by atomic mass is 9.83. The van der Waals surface area contributed by atoms with Gasteiger partial charge in [0.1, 0.15) is 5.75 Å². The Kier molecular flexibility index (Phi) is 9.19. The number of aryl methyl sites for hydroxylation is 1. The Balaban J connectivity index is 1.13. The summed E-state index contributed by atoms with van der Waals surface area (Å²) < 4.78 is 7.15. The lowest BCUT2D eigenvalue weighted by Gasteiger charge is -2.28. The van der Waals surface area contributed by atoms with Gasteiger partial charge < -0.3 is 30.2 Å². The fourth-order valence-electron chi connectivity index (χ4n) is 6.07. The average molecular weight is 635 g/mol. The van der Waals surface area contributed by atoms with Gasteiger partial charge in [-0.15, -0.1) is 5.10 Å². The summed E-state index contributed by atoms with van der Waals surface area (Å²) in [7, 11) is 1.55. The number of methoxy groups -OCH3 is 1. The van der Waals surface area contributed by atoms with Crippen molar-refractivity contribution in [3.05, 3.63) is 114 Å². The Hall–Kier alpha value is -5.26. The Morgan fingerprint density at radius 2 is 1.96 bits per heavy atom. The Morgan fingerprint density at radius 1 is 1.15 bits per heavy atom. The minimum Gasteiger partial charge on any atom is -0.497 e. The van der Waals surface area contributed by atoms with E-state index >= 15 is 0 Å². The zero-order valence-corrected chi connectivity index (χ0v) is 26.4. The van der Waals surface area contributed by atoms with Crippen molar-refractivity contribution in [3.63, 3.8) is 0 Å². The molecule has 2 amide bonds. The summed E-state index contributed by atoms with van der Waals surface area (Å²) in [6.45, 7) is 2.65. The number of rotatable bonds is 13. The first kappa shape index (κ1) is 31.7. The standard InChI is InChI=1S/C36H38N6O5/c1-24(7-5-6-17-41-23-28(16-18-43)39-40-41)36(46)31-20-29(47-2)14-15-33(31)42(35(36)45)22-25-10-12-27(13-11-25)38-34(44)19-26-21-37-32-9-4-3-8-30(26)32/h3-5,7-15,20-21,23-24,37,43,46H,6,16-19,22H2,1-2H3,(H,38,44)/b7-5+/t24-,36+/m1/s1. The van der Waals surface area contributed by atoms with Crippen LogP contribution in [0.2, 0.25) is 0 Å². The van der Waals surface area contributed by atoms with Crippen LogP contribution in [0.3, 0.4) is 0 Å². The first-order valence-corrected chi connectivity index (χ1v) is 15.6. The molecular weight excluding hydrogens is 596 g/mol. The molecule has 0 fully saturated rings. The highest BCUT2D eigenvalue weighted by atomic mass is 16.5. The summed E-state index contributed by atoms with van der Waals surface area (Å²) in [5.74, 6) is -0.536. The summed E-state index contributed by atoms with van der Waals surface area (Å²) in [6.07, 6.45) is 8.76. The highest BCUT2D eigenvalue weighted by Crippen LogP contribution is 2.47.